The van der Waals surface area contributed by atoms with Gasteiger partial charge in [0.2, 0.25) is 0 Å². The van der Waals surface area contributed by atoms with Crippen molar-refractivity contribution >= 4 is 29.9 Å². The molecule has 1 aromatic heterocycles. The van der Waals surface area contributed by atoms with Crippen LogP contribution in [0.3, 0.4) is 0 Å². The molecular formula is C17H34IN5. The zero-order valence-corrected chi connectivity index (χ0v) is 18.0. The molecule has 0 unspecified atom stereocenters. The van der Waals surface area contributed by atoms with Crippen molar-refractivity contribution in [1.82, 2.24) is 19.7 Å². The fraction of sp³-hybridized carbons (Fsp3) is 0.706. The lowest BCUT2D eigenvalue weighted by Crippen LogP contribution is -2.45. The van der Waals surface area contributed by atoms with Crippen LogP contribution in [0.15, 0.2) is 23.3 Å². The number of guanidine groups is 1. The Balaban J connectivity index is 0.00000484. The van der Waals surface area contributed by atoms with E-state index < -0.39 is 0 Å². The molecule has 1 aromatic rings. The molecule has 1 rings (SSSR count). The number of nitrogens with zero attached hydrogens (tertiary/aromatic N) is 4. The molecule has 0 aliphatic carbocycles. The first-order valence-electron chi connectivity index (χ1n) is 8.14. The highest BCUT2D eigenvalue weighted by Gasteiger charge is 2.13. The van der Waals surface area contributed by atoms with E-state index in [-0.39, 0.29) is 24.0 Å². The highest BCUT2D eigenvalue weighted by atomic mass is 127. The van der Waals surface area contributed by atoms with Crippen molar-refractivity contribution in [2.24, 2.45) is 12.0 Å². The van der Waals surface area contributed by atoms with E-state index in [4.69, 9.17) is 0 Å². The Labute approximate surface area is 159 Å². The fourth-order valence-corrected chi connectivity index (χ4v) is 2.77. The van der Waals surface area contributed by atoms with Crippen LogP contribution in [0.4, 0.5) is 0 Å². The maximum absolute atomic E-state index is 4.39. The Morgan fingerprint density at radius 1 is 1.26 bits per heavy atom. The van der Waals surface area contributed by atoms with Crippen molar-refractivity contribution < 1.29 is 0 Å². The quantitative estimate of drug-likeness (QED) is 0.407. The number of aliphatic imine (C=N–C) groups is 1. The van der Waals surface area contributed by atoms with Gasteiger partial charge in [-0.2, -0.15) is 0 Å². The monoisotopic (exact) mass is 435 g/mol. The second-order valence-corrected chi connectivity index (χ2v) is 6.37. The van der Waals surface area contributed by atoms with Crippen molar-refractivity contribution in [3.63, 3.8) is 0 Å². The van der Waals surface area contributed by atoms with Crippen LogP contribution in [-0.2, 0) is 13.6 Å². The molecule has 0 amide bonds. The first-order chi connectivity index (χ1) is 10.4. The summed E-state index contributed by atoms with van der Waals surface area (Å²) < 4.78 is 2.14. The van der Waals surface area contributed by atoms with Gasteiger partial charge in [0.25, 0.3) is 0 Å². The van der Waals surface area contributed by atoms with Crippen molar-refractivity contribution in [3.05, 3.63) is 24.0 Å². The number of nitrogens with one attached hydrogen (secondary N) is 1. The molecule has 0 aromatic carbocycles. The molecule has 23 heavy (non-hydrogen) atoms. The second-order valence-electron chi connectivity index (χ2n) is 6.37. The number of rotatable bonds is 7. The van der Waals surface area contributed by atoms with Gasteiger partial charge in [0.05, 0.1) is 6.54 Å². The third kappa shape index (κ3) is 7.12. The van der Waals surface area contributed by atoms with Gasteiger partial charge in [0.1, 0.15) is 0 Å². The zero-order chi connectivity index (χ0) is 16.7. The average Bonchev–Trinajstić information content (AvgIpc) is 2.83. The summed E-state index contributed by atoms with van der Waals surface area (Å²) in [6, 6.07) is 5.33. The van der Waals surface area contributed by atoms with Crippen molar-refractivity contribution in [2.45, 2.75) is 46.3 Å². The van der Waals surface area contributed by atoms with Crippen LogP contribution in [0, 0.1) is 0 Å². The fourth-order valence-electron chi connectivity index (χ4n) is 2.77. The minimum absolute atomic E-state index is 0. The first kappa shape index (κ1) is 22.2. The summed E-state index contributed by atoms with van der Waals surface area (Å²) in [4.78, 5) is 9.03. The van der Waals surface area contributed by atoms with Gasteiger partial charge in [-0.1, -0.05) is 0 Å². The predicted octanol–water partition coefficient (Wildman–Crippen LogP) is 2.77. The Morgan fingerprint density at radius 2 is 1.87 bits per heavy atom. The molecule has 0 aliphatic rings. The van der Waals surface area contributed by atoms with E-state index in [2.05, 4.69) is 84.8 Å². The van der Waals surface area contributed by atoms with Gasteiger partial charge in [-0.25, -0.2) is 0 Å². The summed E-state index contributed by atoms with van der Waals surface area (Å²) in [5.41, 5.74) is 1.27. The van der Waals surface area contributed by atoms with Gasteiger partial charge in [-0.3, -0.25) is 9.89 Å². The van der Waals surface area contributed by atoms with Crippen molar-refractivity contribution in [2.75, 3.05) is 27.2 Å². The highest BCUT2D eigenvalue weighted by Crippen LogP contribution is 2.05. The molecule has 0 bridgehead atoms. The van der Waals surface area contributed by atoms with Gasteiger partial charge in [0.15, 0.2) is 5.96 Å². The Kier molecular flexibility index (Phi) is 10.6. The van der Waals surface area contributed by atoms with Crippen molar-refractivity contribution in [1.29, 1.82) is 0 Å². The average molecular weight is 435 g/mol. The molecule has 0 spiro atoms. The lowest BCUT2D eigenvalue weighted by molar-refractivity contribution is 0.178. The van der Waals surface area contributed by atoms with Gasteiger partial charge in [-0.05, 0) is 39.8 Å². The third-order valence-corrected chi connectivity index (χ3v) is 4.00. The standard InChI is InChI=1S/C17H33N5.HI/c1-14(2)22(15(3)4)12-10-19-17(18-5)21(7)13-16-9-8-11-20(16)6;/h8-9,11,14-15H,10,12-13H2,1-7H3,(H,18,19);1H. The van der Waals surface area contributed by atoms with Crippen LogP contribution in [0.2, 0.25) is 0 Å². The number of aryl methyl sites for hydroxylation is 1. The van der Waals surface area contributed by atoms with Crippen molar-refractivity contribution in [3.8, 4) is 0 Å². The molecule has 134 valence electrons. The highest BCUT2D eigenvalue weighted by molar-refractivity contribution is 14.0. The molecule has 0 fully saturated rings. The zero-order valence-electron chi connectivity index (χ0n) is 15.7. The molecule has 0 aliphatic heterocycles. The Hall–Kier alpha value is -0.760. The van der Waals surface area contributed by atoms with Gasteiger partial charge < -0.3 is 14.8 Å². The molecule has 6 heteroatoms. The Morgan fingerprint density at radius 3 is 2.30 bits per heavy atom. The molecule has 0 saturated carbocycles. The molecular weight excluding hydrogens is 401 g/mol. The molecule has 5 nitrogen and oxygen atoms in total. The number of hydrogen-bond donors (Lipinski definition) is 1. The van der Waals surface area contributed by atoms with E-state index in [1.807, 2.05) is 7.05 Å². The molecule has 1 N–H and O–H groups in total. The third-order valence-electron chi connectivity index (χ3n) is 4.00. The number of aromatic nitrogens is 1. The van der Waals surface area contributed by atoms with Crippen LogP contribution >= 0.6 is 24.0 Å². The number of halogens is 1. The normalized spacial score (nSPS) is 12.0. The van der Waals surface area contributed by atoms with Crippen LogP contribution in [-0.4, -0.2) is 59.6 Å². The largest absolute Gasteiger partial charge is 0.355 e. The lowest BCUT2D eigenvalue weighted by atomic mass is 10.2. The summed E-state index contributed by atoms with van der Waals surface area (Å²) in [6.45, 7) is 11.8. The summed E-state index contributed by atoms with van der Waals surface area (Å²) in [5.74, 6) is 0.939. The maximum Gasteiger partial charge on any atom is 0.193 e. The topological polar surface area (TPSA) is 35.8 Å². The van der Waals surface area contributed by atoms with Crippen LogP contribution < -0.4 is 5.32 Å². The summed E-state index contributed by atoms with van der Waals surface area (Å²) in [5, 5.41) is 3.47. The van der Waals surface area contributed by atoms with E-state index in [0.717, 1.165) is 25.6 Å². The predicted molar refractivity (Wildman–Crippen MR) is 111 cm³/mol. The van der Waals surface area contributed by atoms with Crippen LogP contribution in [0.25, 0.3) is 0 Å². The summed E-state index contributed by atoms with van der Waals surface area (Å²) in [6.07, 6.45) is 2.07. The minimum atomic E-state index is 0. The first-order valence-corrected chi connectivity index (χ1v) is 8.14. The van der Waals surface area contributed by atoms with E-state index >= 15 is 0 Å². The van der Waals surface area contributed by atoms with E-state index in [1.165, 1.54) is 5.69 Å². The van der Waals surface area contributed by atoms with E-state index in [9.17, 15) is 0 Å². The van der Waals surface area contributed by atoms with Gasteiger partial charge in [0, 0.05) is 58.2 Å². The molecule has 1 heterocycles. The SMILES string of the molecule is CN=C(NCCN(C(C)C)C(C)C)N(C)Cc1cccn1C.I. The smallest absolute Gasteiger partial charge is 0.193 e. The molecule has 0 radical (unpaired) electrons. The van der Waals surface area contributed by atoms with E-state index in [1.54, 1.807) is 0 Å². The number of hydrogen-bond acceptors (Lipinski definition) is 2. The molecule has 0 saturated heterocycles. The summed E-state index contributed by atoms with van der Waals surface area (Å²) >= 11 is 0. The lowest BCUT2D eigenvalue weighted by Gasteiger charge is -2.31. The second kappa shape index (κ2) is 10.9. The maximum atomic E-state index is 4.39. The minimum Gasteiger partial charge on any atom is -0.355 e. The van der Waals surface area contributed by atoms with Crippen LogP contribution in [0.5, 0.6) is 0 Å². The molecule has 0 atom stereocenters. The van der Waals surface area contributed by atoms with E-state index in [0.29, 0.717) is 12.1 Å². The Bertz CT molecular complexity index is 459. The van der Waals surface area contributed by atoms with Crippen LogP contribution in [0.1, 0.15) is 33.4 Å². The van der Waals surface area contributed by atoms with Gasteiger partial charge >= 0.3 is 0 Å². The van der Waals surface area contributed by atoms with Gasteiger partial charge in [-0.15, -0.1) is 24.0 Å². The summed E-state index contributed by atoms with van der Waals surface area (Å²) in [7, 11) is 5.99.